The van der Waals surface area contributed by atoms with Gasteiger partial charge in [-0.15, -0.1) is 0 Å². The van der Waals surface area contributed by atoms with E-state index in [1.807, 2.05) is 7.05 Å². The summed E-state index contributed by atoms with van der Waals surface area (Å²) in [5.41, 5.74) is 7.69. The minimum absolute atomic E-state index is 0.407. The van der Waals surface area contributed by atoms with E-state index in [1.165, 1.54) is 0 Å². The fourth-order valence-electron chi connectivity index (χ4n) is 1.72. The van der Waals surface area contributed by atoms with Crippen molar-refractivity contribution in [3.05, 3.63) is 17.0 Å². The van der Waals surface area contributed by atoms with Gasteiger partial charge >= 0.3 is 0 Å². The van der Waals surface area contributed by atoms with Crippen molar-refractivity contribution in [3.8, 4) is 0 Å². The molecule has 3 N–H and O–H groups in total. The van der Waals surface area contributed by atoms with Crippen LogP contribution in [0.4, 0.5) is 0 Å². The van der Waals surface area contributed by atoms with Crippen molar-refractivity contribution in [2.45, 2.75) is 13.0 Å². The quantitative estimate of drug-likeness (QED) is 0.592. The van der Waals surface area contributed by atoms with Gasteiger partial charge in [-0.2, -0.15) is 5.10 Å². The summed E-state index contributed by atoms with van der Waals surface area (Å²) >= 11 is 0. The number of hydrogen-bond donors (Lipinski definition) is 2. The summed E-state index contributed by atoms with van der Waals surface area (Å²) in [6.45, 7) is 1.63. The second-order valence-electron chi connectivity index (χ2n) is 3.19. The first-order chi connectivity index (χ1) is 6.20. The number of nitrogens with two attached hydrogens (primary N) is 1. The SMILES string of the molecule is Cn1nc(C(N)=O)c2c1CCNC2. The van der Waals surface area contributed by atoms with Gasteiger partial charge in [0, 0.05) is 37.8 Å². The zero-order valence-corrected chi connectivity index (χ0v) is 7.50. The molecule has 2 rings (SSSR count). The Morgan fingerprint density at radius 1 is 1.69 bits per heavy atom. The molecule has 0 radical (unpaired) electrons. The standard InChI is InChI=1S/C8H12N4O/c1-12-6-2-3-10-4-5(6)7(11-12)8(9)13/h10H,2-4H2,1H3,(H2,9,13). The Kier molecular flexibility index (Phi) is 1.81. The number of rotatable bonds is 1. The summed E-state index contributed by atoms with van der Waals surface area (Å²) in [5, 5.41) is 7.28. The number of hydrogen-bond acceptors (Lipinski definition) is 3. The molecule has 1 aromatic heterocycles. The zero-order chi connectivity index (χ0) is 9.42. The summed E-state index contributed by atoms with van der Waals surface area (Å²) in [7, 11) is 1.84. The van der Waals surface area contributed by atoms with Crippen molar-refractivity contribution >= 4 is 5.91 Å². The lowest BCUT2D eigenvalue weighted by molar-refractivity contribution is 0.0994. The van der Waals surface area contributed by atoms with Crippen molar-refractivity contribution < 1.29 is 4.79 Å². The van der Waals surface area contributed by atoms with Crippen LogP contribution in [-0.4, -0.2) is 22.2 Å². The monoisotopic (exact) mass is 180 g/mol. The largest absolute Gasteiger partial charge is 0.364 e. The normalized spacial score (nSPS) is 15.5. The van der Waals surface area contributed by atoms with Crippen LogP contribution in [0.5, 0.6) is 0 Å². The molecule has 0 saturated heterocycles. The van der Waals surface area contributed by atoms with Crippen molar-refractivity contribution in [2.75, 3.05) is 6.54 Å². The smallest absolute Gasteiger partial charge is 0.269 e. The fraction of sp³-hybridized carbons (Fsp3) is 0.500. The van der Waals surface area contributed by atoms with Gasteiger partial charge in [0.2, 0.25) is 0 Å². The maximum atomic E-state index is 11.0. The van der Waals surface area contributed by atoms with Gasteiger partial charge in [0.05, 0.1) is 0 Å². The van der Waals surface area contributed by atoms with Crippen molar-refractivity contribution in [2.24, 2.45) is 12.8 Å². The van der Waals surface area contributed by atoms with Crippen LogP contribution in [0.15, 0.2) is 0 Å². The maximum Gasteiger partial charge on any atom is 0.269 e. The number of primary amides is 1. The fourth-order valence-corrected chi connectivity index (χ4v) is 1.72. The molecule has 0 atom stereocenters. The number of fused-ring (bicyclic) bond motifs is 1. The Balaban J connectivity index is 2.53. The van der Waals surface area contributed by atoms with Crippen molar-refractivity contribution in [1.82, 2.24) is 15.1 Å². The molecule has 0 saturated carbocycles. The van der Waals surface area contributed by atoms with Crippen LogP contribution in [-0.2, 0) is 20.0 Å². The number of aryl methyl sites for hydroxylation is 1. The lowest BCUT2D eigenvalue weighted by Gasteiger charge is -2.13. The third-order valence-electron chi connectivity index (χ3n) is 2.35. The predicted octanol–water partition coefficient (Wildman–Crippen LogP) is -0.835. The minimum atomic E-state index is -0.444. The highest BCUT2D eigenvalue weighted by Gasteiger charge is 2.21. The maximum absolute atomic E-state index is 11.0. The molecule has 0 bridgehead atoms. The molecule has 1 aliphatic rings. The Bertz CT molecular complexity index is 355. The first-order valence-corrected chi connectivity index (χ1v) is 4.25. The van der Waals surface area contributed by atoms with E-state index in [0.29, 0.717) is 12.2 Å². The Morgan fingerprint density at radius 2 is 2.46 bits per heavy atom. The van der Waals surface area contributed by atoms with E-state index < -0.39 is 5.91 Å². The van der Waals surface area contributed by atoms with Crippen LogP contribution >= 0.6 is 0 Å². The van der Waals surface area contributed by atoms with E-state index in [2.05, 4.69) is 10.4 Å². The lowest BCUT2D eigenvalue weighted by Crippen LogP contribution is -2.26. The van der Waals surface area contributed by atoms with E-state index in [1.54, 1.807) is 4.68 Å². The van der Waals surface area contributed by atoms with Crippen LogP contribution in [0.1, 0.15) is 21.7 Å². The average molecular weight is 180 g/mol. The molecule has 1 aliphatic heterocycles. The van der Waals surface area contributed by atoms with Crippen LogP contribution < -0.4 is 11.1 Å². The van der Waals surface area contributed by atoms with Gasteiger partial charge < -0.3 is 11.1 Å². The van der Waals surface area contributed by atoms with E-state index in [-0.39, 0.29) is 0 Å². The van der Waals surface area contributed by atoms with Crippen molar-refractivity contribution in [3.63, 3.8) is 0 Å². The Labute approximate surface area is 75.9 Å². The van der Waals surface area contributed by atoms with Gasteiger partial charge in [-0.25, -0.2) is 0 Å². The van der Waals surface area contributed by atoms with Gasteiger partial charge in [-0.05, 0) is 0 Å². The highest BCUT2D eigenvalue weighted by Crippen LogP contribution is 2.16. The second-order valence-corrected chi connectivity index (χ2v) is 3.19. The van der Waals surface area contributed by atoms with Crippen molar-refractivity contribution in [1.29, 1.82) is 0 Å². The third kappa shape index (κ3) is 1.21. The summed E-state index contributed by atoms with van der Waals surface area (Å²) in [5.74, 6) is -0.444. The number of carbonyl (C=O) groups is 1. The summed E-state index contributed by atoms with van der Waals surface area (Å²) in [4.78, 5) is 11.0. The second kappa shape index (κ2) is 2.85. The summed E-state index contributed by atoms with van der Waals surface area (Å²) in [6, 6.07) is 0. The first-order valence-electron chi connectivity index (χ1n) is 4.25. The molecule has 1 aromatic rings. The van der Waals surface area contributed by atoms with Crippen LogP contribution in [0.2, 0.25) is 0 Å². The summed E-state index contributed by atoms with van der Waals surface area (Å²) < 4.78 is 1.75. The van der Waals surface area contributed by atoms with E-state index in [4.69, 9.17) is 5.73 Å². The highest BCUT2D eigenvalue weighted by molar-refractivity contribution is 5.92. The summed E-state index contributed by atoms with van der Waals surface area (Å²) in [6.07, 6.45) is 0.909. The lowest BCUT2D eigenvalue weighted by atomic mass is 10.1. The van der Waals surface area contributed by atoms with E-state index >= 15 is 0 Å². The number of aromatic nitrogens is 2. The van der Waals surface area contributed by atoms with Crippen LogP contribution in [0, 0.1) is 0 Å². The molecule has 0 fully saturated rings. The zero-order valence-electron chi connectivity index (χ0n) is 7.50. The molecule has 13 heavy (non-hydrogen) atoms. The molecule has 0 aliphatic carbocycles. The van der Waals surface area contributed by atoms with Gasteiger partial charge in [0.1, 0.15) is 0 Å². The van der Waals surface area contributed by atoms with Gasteiger partial charge in [-0.1, -0.05) is 0 Å². The minimum Gasteiger partial charge on any atom is -0.364 e. The van der Waals surface area contributed by atoms with Gasteiger partial charge in [-0.3, -0.25) is 9.48 Å². The molecular formula is C8H12N4O. The average Bonchev–Trinajstić information content (AvgIpc) is 2.45. The molecule has 70 valence electrons. The molecule has 1 amide bonds. The Morgan fingerprint density at radius 3 is 3.15 bits per heavy atom. The third-order valence-corrected chi connectivity index (χ3v) is 2.35. The number of amides is 1. The van der Waals surface area contributed by atoms with Gasteiger partial charge in [0.25, 0.3) is 5.91 Å². The Hall–Kier alpha value is -1.36. The molecule has 0 spiro atoms. The van der Waals surface area contributed by atoms with Crippen LogP contribution in [0.3, 0.4) is 0 Å². The molecular weight excluding hydrogens is 168 g/mol. The van der Waals surface area contributed by atoms with E-state index in [0.717, 1.165) is 24.2 Å². The highest BCUT2D eigenvalue weighted by atomic mass is 16.1. The van der Waals surface area contributed by atoms with Crippen LogP contribution in [0.25, 0.3) is 0 Å². The van der Waals surface area contributed by atoms with E-state index in [9.17, 15) is 4.79 Å². The predicted molar refractivity (Wildman–Crippen MR) is 47.1 cm³/mol. The molecule has 0 aromatic carbocycles. The number of nitrogens with one attached hydrogen (secondary N) is 1. The first kappa shape index (κ1) is 8.25. The molecule has 5 heteroatoms. The molecule has 5 nitrogen and oxygen atoms in total. The number of nitrogens with zero attached hydrogens (tertiary/aromatic N) is 2. The topological polar surface area (TPSA) is 72.9 Å². The van der Waals surface area contributed by atoms with Gasteiger partial charge in [0.15, 0.2) is 5.69 Å². The molecule has 2 heterocycles. The molecule has 0 unspecified atom stereocenters. The number of carbonyl (C=O) groups excluding carboxylic acids is 1.